The number of hydrogen-bond acceptors (Lipinski definition) is 2. The van der Waals surface area contributed by atoms with Crippen molar-refractivity contribution in [2.75, 3.05) is 0 Å². The Morgan fingerprint density at radius 3 is 2.37 bits per heavy atom. The van der Waals surface area contributed by atoms with Gasteiger partial charge in [0.25, 0.3) is 0 Å². The van der Waals surface area contributed by atoms with Gasteiger partial charge in [0.05, 0.1) is 0 Å². The molecule has 0 bridgehead atoms. The third-order valence-corrected chi connectivity index (χ3v) is 4.50. The summed E-state index contributed by atoms with van der Waals surface area (Å²) in [6.45, 7) is 11.0. The maximum atomic E-state index is 12.1. The number of nitrogens with one attached hydrogen (secondary N) is 1. The summed E-state index contributed by atoms with van der Waals surface area (Å²) in [4.78, 5) is 12.1. The summed E-state index contributed by atoms with van der Waals surface area (Å²) < 4.78 is 0. The second-order valence-corrected chi connectivity index (χ2v) is 7.54. The first-order valence-corrected chi connectivity index (χ1v) is 7.76. The minimum atomic E-state index is -0.0309. The molecule has 3 nitrogen and oxygen atoms in total. The molecule has 1 aliphatic rings. The summed E-state index contributed by atoms with van der Waals surface area (Å²) in [6, 6.07) is 0.303. The summed E-state index contributed by atoms with van der Waals surface area (Å²) in [7, 11) is 0. The van der Waals surface area contributed by atoms with Crippen LogP contribution in [-0.4, -0.2) is 18.0 Å². The first-order valence-electron chi connectivity index (χ1n) is 7.76. The average molecular weight is 268 g/mol. The summed E-state index contributed by atoms with van der Waals surface area (Å²) in [5.41, 5.74) is 6.24. The molecule has 0 saturated heterocycles. The summed E-state index contributed by atoms with van der Waals surface area (Å²) in [6.07, 6.45) is 5.31. The van der Waals surface area contributed by atoms with Gasteiger partial charge >= 0.3 is 0 Å². The third-order valence-electron chi connectivity index (χ3n) is 4.50. The van der Waals surface area contributed by atoms with Crippen LogP contribution >= 0.6 is 0 Å². The lowest BCUT2D eigenvalue weighted by molar-refractivity contribution is -0.123. The zero-order valence-electron chi connectivity index (χ0n) is 13.3. The fourth-order valence-electron chi connectivity index (χ4n) is 3.06. The van der Waals surface area contributed by atoms with Gasteiger partial charge in [-0.25, -0.2) is 0 Å². The first kappa shape index (κ1) is 16.5. The highest BCUT2D eigenvalue weighted by molar-refractivity contribution is 5.77. The molecule has 0 aromatic rings. The topological polar surface area (TPSA) is 55.1 Å². The van der Waals surface area contributed by atoms with Gasteiger partial charge in [0, 0.05) is 18.5 Å². The quantitative estimate of drug-likeness (QED) is 0.823. The molecule has 0 heterocycles. The maximum Gasteiger partial charge on any atom is 0.221 e. The van der Waals surface area contributed by atoms with E-state index in [1.165, 1.54) is 19.3 Å². The standard InChI is InChI=1S/C16H32N2O/c1-11(2)13(17)10-15(19)18-14-9-7-6-8-12(14)16(3,4)5/h11-14H,6-10,17H2,1-5H3,(H,18,19). The number of rotatable bonds is 4. The Kier molecular flexibility index (Phi) is 5.84. The summed E-state index contributed by atoms with van der Waals surface area (Å²) in [5, 5.41) is 3.24. The van der Waals surface area contributed by atoms with Crippen molar-refractivity contribution < 1.29 is 4.79 Å². The molecule has 0 aromatic heterocycles. The maximum absolute atomic E-state index is 12.1. The van der Waals surface area contributed by atoms with Crippen LogP contribution in [0.4, 0.5) is 0 Å². The van der Waals surface area contributed by atoms with Gasteiger partial charge in [-0.15, -0.1) is 0 Å². The fraction of sp³-hybridized carbons (Fsp3) is 0.938. The normalized spacial score (nSPS) is 26.3. The summed E-state index contributed by atoms with van der Waals surface area (Å²) >= 11 is 0. The van der Waals surface area contributed by atoms with Crippen LogP contribution in [-0.2, 0) is 4.79 Å². The van der Waals surface area contributed by atoms with Crippen LogP contribution in [0.5, 0.6) is 0 Å². The molecule has 112 valence electrons. The molecule has 3 N–H and O–H groups in total. The molecule has 1 aliphatic carbocycles. The third kappa shape index (κ3) is 5.13. The Hall–Kier alpha value is -0.570. The fourth-order valence-corrected chi connectivity index (χ4v) is 3.06. The Bertz CT molecular complexity index is 294. The smallest absolute Gasteiger partial charge is 0.221 e. The van der Waals surface area contributed by atoms with E-state index in [9.17, 15) is 4.79 Å². The van der Waals surface area contributed by atoms with E-state index in [2.05, 4.69) is 39.9 Å². The van der Waals surface area contributed by atoms with Crippen molar-refractivity contribution in [3.63, 3.8) is 0 Å². The van der Waals surface area contributed by atoms with Crippen LogP contribution in [0.2, 0.25) is 0 Å². The second-order valence-electron chi connectivity index (χ2n) is 7.54. The first-order chi connectivity index (χ1) is 8.71. The van der Waals surface area contributed by atoms with E-state index in [0.717, 1.165) is 6.42 Å². The molecule has 0 aromatic carbocycles. The number of amides is 1. The molecular formula is C16H32N2O. The highest BCUT2D eigenvalue weighted by Gasteiger charge is 2.34. The van der Waals surface area contributed by atoms with Crippen LogP contribution in [0, 0.1) is 17.3 Å². The van der Waals surface area contributed by atoms with Gasteiger partial charge in [0.2, 0.25) is 5.91 Å². The molecule has 0 spiro atoms. The lowest BCUT2D eigenvalue weighted by Gasteiger charge is -2.41. The Morgan fingerprint density at radius 1 is 1.26 bits per heavy atom. The van der Waals surface area contributed by atoms with Crippen molar-refractivity contribution in [3.05, 3.63) is 0 Å². The Labute approximate surface area is 118 Å². The van der Waals surface area contributed by atoms with E-state index in [4.69, 9.17) is 5.73 Å². The van der Waals surface area contributed by atoms with Crippen molar-refractivity contribution in [2.45, 2.75) is 78.8 Å². The van der Waals surface area contributed by atoms with Gasteiger partial charge in [0.15, 0.2) is 0 Å². The monoisotopic (exact) mass is 268 g/mol. The van der Waals surface area contributed by atoms with Crippen molar-refractivity contribution in [3.8, 4) is 0 Å². The number of hydrogen-bond donors (Lipinski definition) is 2. The number of carbonyl (C=O) groups excluding carboxylic acids is 1. The van der Waals surface area contributed by atoms with Gasteiger partial charge < -0.3 is 11.1 Å². The number of nitrogens with two attached hydrogens (primary N) is 1. The van der Waals surface area contributed by atoms with Crippen LogP contribution < -0.4 is 11.1 Å². The van der Waals surface area contributed by atoms with E-state index < -0.39 is 0 Å². The van der Waals surface area contributed by atoms with E-state index in [-0.39, 0.29) is 17.4 Å². The van der Waals surface area contributed by atoms with Crippen LogP contribution in [0.1, 0.15) is 66.7 Å². The van der Waals surface area contributed by atoms with Crippen molar-refractivity contribution in [1.29, 1.82) is 0 Å². The van der Waals surface area contributed by atoms with Gasteiger partial charge in [-0.2, -0.15) is 0 Å². The molecule has 3 unspecified atom stereocenters. The number of carbonyl (C=O) groups is 1. The van der Waals surface area contributed by atoms with Crippen LogP contribution in [0.25, 0.3) is 0 Å². The Morgan fingerprint density at radius 2 is 1.84 bits per heavy atom. The molecule has 0 aliphatic heterocycles. The minimum absolute atomic E-state index is 0.0309. The van der Waals surface area contributed by atoms with Gasteiger partial charge in [-0.3, -0.25) is 4.79 Å². The molecule has 3 heteroatoms. The minimum Gasteiger partial charge on any atom is -0.353 e. The van der Waals surface area contributed by atoms with Gasteiger partial charge in [-0.05, 0) is 30.1 Å². The highest BCUT2D eigenvalue weighted by Crippen LogP contribution is 2.38. The molecule has 0 radical (unpaired) electrons. The molecule has 1 amide bonds. The van der Waals surface area contributed by atoms with Gasteiger partial charge in [-0.1, -0.05) is 47.5 Å². The molecule has 1 fully saturated rings. The SMILES string of the molecule is CC(C)C(N)CC(=O)NC1CCCCC1C(C)(C)C. The predicted octanol–water partition coefficient (Wildman–Crippen LogP) is 3.08. The van der Waals surface area contributed by atoms with Crippen LogP contribution in [0.15, 0.2) is 0 Å². The second kappa shape index (κ2) is 6.74. The molecule has 1 rings (SSSR count). The highest BCUT2D eigenvalue weighted by atomic mass is 16.1. The molecule has 1 saturated carbocycles. The van der Waals surface area contributed by atoms with Gasteiger partial charge in [0.1, 0.15) is 0 Å². The van der Waals surface area contributed by atoms with Crippen LogP contribution in [0.3, 0.4) is 0 Å². The Balaban J connectivity index is 2.55. The van der Waals surface area contributed by atoms with E-state index in [1.807, 2.05) is 0 Å². The van der Waals surface area contributed by atoms with E-state index in [0.29, 0.717) is 24.3 Å². The van der Waals surface area contributed by atoms with Crippen molar-refractivity contribution >= 4 is 5.91 Å². The predicted molar refractivity (Wildman–Crippen MR) is 80.8 cm³/mol. The van der Waals surface area contributed by atoms with E-state index >= 15 is 0 Å². The summed E-state index contributed by atoms with van der Waals surface area (Å²) in [5.74, 6) is 1.07. The van der Waals surface area contributed by atoms with Crippen molar-refractivity contribution in [2.24, 2.45) is 23.0 Å². The lowest BCUT2D eigenvalue weighted by atomic mass is 9.69. The van der Waals surface area contributed by atoms with E-state index in [1.54, 1.807) is 0 Å². The molecule has 3 atom stereocenters. The lowest BCUT2D eigenvalue weighted by Crippen LogP contribution is -2.48. The zero-order chi connectivity index (χ0) is 14.6. The molecular weight excluding hydrogens is 236 g/mol. The molecule has 19 heavy (non-hydrogen) atoms. The zero-order valence-corrected chi connectivity index (χ0v) is 13.3. The largest absolute Gasteiger partial charge is 0.353 e. The average Bonchev–Trinajstić information content (AvgIpc) is 2.27. The van der Waals surface area contributed by atoms with Crippen molar-refractivity contribution in [1.82, 2.24) is 5.32 Å².